The van der Waals surface area contributed by atoms with E-state index in [-0.39, 0.29) is 0 Å². The van der Waals surface area contributed by atoms with Gasteiger partial charge >= 0.3 is 6.01 Å². The molecule has 2 rings (SSSR count). The zero-order chi connectivity index (χ0) is 13.0. The maximum Gasteiger partial charge on any atom is 0.335 e. The van der Waals surface area contributed by atoms with Crippen LogP contribution in [0.3, 0.4) is 0 Å². The van der Waals surface area contributed by atoms with E-state index >= 15 is 0 Å². The molecule has 0 radical (unpaired) electrons. The molecule has 5 nitrogen and oxygen atoms in total. The van der Waals surface area contributed by atoms with Crippen molar-refractivity contribution in [2.75, 3.05) is 13.7 Å². The van der Waals surface area contributed by atoms with E-state index in [1.54, 1.807) is 0 Å². The average molecular weight is 247 g/mol. The molecule has 0 bridgehead atoms. The third-order valence-electron chi connectivity index (χ3n) is 2.36. The van der Waals surface area contributed by atoms with Gasteiger partial charge in [0.1, 0.15) is 5.75 Å². The molecule has 0 aliphatic carbocycles. The molecule has 0 unspecified atom stereocenters. The highest BCUT2D eigenvalue weighted by Gasteiger charge is 2.11. The summed E-state index contributed by atoms with van der Waals surface area (Å²) in [7, 11) is 1.54. The molecule has 0 saturated heterocycles. The zero-order valence-electron chi connectivity index (χ0n) is 10.8. The van der Waals surface area contributed by atoms with Crippen molar-refractivity contribution in [3.05, 3.63) is 24.3 Å². The molecule has 0 atom stereocenters. The van der Waals surface area contributed by atoms with Crippen molar-refractivity contribution in [3.63, 3.8) is 0 Å². The molecular weight excluding hydrogens is 230 g/mol. The van der Waals surface area contributed by atoms with Crippen LogP contribution in [0.2, 0.25) is 0 Å². The minimum atomic E-state index is 0.323. The Morgan fingerprint density at radius 1 is 1.28 bits per heavy atom. The van der Waals surface area contributed by atoms with Crippen molar-refractivity contribution in [3.8, 4) is 23.1 Å². The van der Waals surface area contributed by atoms with Gasteiger partial charge in [-0.15, -0.1) is 5.10 Å². The normalized spacial score (nSPS) is 10.7. The third kappa shape index (κ3) is 2.80. The Balaban J connectivity index is 2.26. The molecule has 18 heavy (non-hydrogen) atoms. The van der Waals surface area contributed by atoms with Crippen LogP contribution >= 0.6 is 0 Å². The van der Waals surface area contributed by atoms with Crippen LogP contribution in [0, 0.1) is 5.92 Å². The lowest BCUT2D eigenvalue weighted by atomic mass is 10.2. The number of aromatic amines is 1. The highest BCUT2D eigenvalue weighted by Crippen LogP contribution is 2.28. The number of benzene rings is 1. The van der Waals surface area contributed by atoms with E-state index in [9.17, 15) is 0 Å². The largest absolute Gasteiger partial charge is 0.493 e. The van der Waals surface area contributed by atoms with Crippen molar-refractivity contribution >= 4 is 0 Å². The van der Waals surface area contributed by atoms with Gasteiger partial charge in [-0.3, -0.25) is 5.10 Å². The van der Waals surface area contributed by atoms with E-state index in [1.165, 1.54) is 7.11 Å². The SMILES string of the molecule is COc1n[nH]c(-c2ccccc2OCC(C)C)n1. The summed E-state index contributed by atoms with van der Waals surface area (Å²) >= 11 is 0. The quantitative estimate of drug-likeness (QED) is 0.882. The first kappa shape index (κ1) is 12.4. The second kappa shape index (κ2) is 5.53. The fraction of sp³-hybridized carbons (Fsp3) is 0.385. The molecule has 1 heterocycles. The Hall–Kier alpha value is -2.04. The van der Waals surface area contributed by atoms with Crippen molar-refractivity contribution in [1.29, 1.82) is 0 Å². The van der Waals surface area contributed by atoms with E-state index in [0.29, 0.717) is 24.4 Å². The predicted octanol–water partition coefficient (Wildman–Crippen LogP) is 2.52. The van der Waals surface area contributed by atoms with Gasteiger partial charge in [-0.1, -0.05) is 26.0 Å². The van der Waals surface area contributed by atoms with Crippen LogP contribution in [-0.2, 0) is 0 Å². The molecular formula is C13H17N3O2. The first-order chi connectivity index (χ1) is 8.70. The molecule has 0 saturated carbocycles. The Kier molecular flexibility index (Phi) is 3.82. The summed E-state index contributed by atoms with van der Waals surface area (Å²) in [4.78, 5) is 4.22. The fourth-order valence-electron chi connectivity index (χ4n) is 1.50. The highest BCUT2D eigenvalue weighted by atomic mass is 16.5. The Bertz CT molecular complexity index is 508. The first-order valence-electron chi connectivity index (χ1n) is 5.89. The smallest absolute Gasteiger partial charge is 0.335 e. The van der Waals surface area contributed by atoms with Crippen molar-refractivity contribution in [2.45, 2.75) is 13.8 Å². The van der Waals surface area contributed by atoms with Gasteiger partial charge in [0, 0.05) is 0 Å². The molecule has 96 valence electrons. The van der Waals surface area contributed by atoms with Crippen LogP contribution < -0.4 is 9.47 Å². The second-order valence-electron chi connectivity index (χ2n) is 4.37. The molecule has 2 aromatic rings. The predicted molar refractivity (Wildman–Crippen MR) is 68.7 cm³/mol. The van der Waals surface area contributed by atoms with E-state index in [2.05, 4.69) is 29.0 Å². The van der Waals surface area contributed by atoms with Gasteiger partial charge in [0.05, 0.1) is 19.3 Å². The molecule has 0 spiro atoms. The molecule has 0 amide bonds. The standard InChI is InChI=1S/C13H17N3O2/c1-9(2)8-18-11-7-5-4-6-10(11)12-14-13(17-3)16-15-12/h4-7,9H,8H2,1-3H3,(H,14,15,16). The van der Waals surface area contributed by atoms with Crippen molar-refractivity contribution in [1.82, 2.24) is 15.2 Å². The number of methoxy groups -OCH3 is 1. The van der Waals surface area contributed by atoms with E-state index < -0.39 is 0 Å². The topological polar surface area (TPSA) is 60.0 Å². The summed E-state index contributed by atoms with van der Waals surface area (Å²) in [6.07, 6.45) is 0. The third-order valence-corrected chi connectivity index (χ3v) is 2.36. The first-order valence-corrected chi connectivity index (χ1v) is 5.89. The van der Waals surface area contributed by atoms with Crippen LogP contribution in [0.4, 0.5) is 0 Å². The van der Waals surface area contributed by atoms with Crippen molar-refractivity contribution < 1.29 is 9.47 Å². The number of nitrogens with one attached hydrogen (secondary N) is 1. The maximum atomic E-state index is 5.77. The van der Waals surface area contributed by atoms with Gasteiger partial charge in [0.2, 0.25) is 0 Å². The van der Waals surface area contributed by atoms with Gasteiger partial charge in [-0.05, 0) is 18.1 Å². The maximum absolute atomic E-state index is 5.77. The van der Waals surface area contributed by atoms with Crippen LogP contribution in [0.1, 0.15) is 13.8 Å². The van der Waals surface area contributed by atoms with E-state index in [1.807, 2.05) is 24.3 Å². The summed E-state index contributed by atoms with van der Waals surface area (Å²) in [6.45, 7) is 4.89. The Labute approximate surface area is 106 Å². The molecule has 0 aliphatic rings. The van der Waals surface area contributed by atoms with Gasteiger partial charge in [-0.2, -0.15) is 4.98 Å². The summed E-state index contributed by atoms with van der Waals surface area (Å²) < 4.78 is 10.7. The number of hydrogen-bond donors (Lipinski definition) is 1. The molecule has 1 N–H and O–H groups in total. The Morgan fingerprint density at radius 2 is 2.06 bits per heavy atom. The molecule has 0 aliphatic heterocycles. The lowest BCUT2D eigenvalue weighted by Crippen LogP contribution is -2.05. The van der Waals surface area contributed by atoms with E-state index in [0.717, 1.165) is 11.3 Å². The van der Waals surface area contributed by atoms with Gasteiger partial charge in [-0.25, -0.2) is 0 Å². The van der Waals surface area contributed by atoms with E-state index in [4.69, 9.17) is 9.47 Å². The number of H-pyrrole nitrogens is 1. The Morgan fingerprint density at radius 3 is 2.72 bits per heavy atom. The van der Waals surface area contributed by atoms with Gasteiger partial charge in [0.25, 0.3) is 0 Å². The number of nitrogens with zero attached hydrogens (tertiary/aromatic N) is 2. The summed E-state index contributed by atoms with van der Waals surface area (Å²) in [5.74, 6) is 1.92. The minimum absolute atomic E-state index is 0.323. The van der Waals surface area contributed by atoms with Crippen LogP contribution in [0.25, 0.3) is 11.4 Å². The second-order valence-corrected chi connectivity index (χ2v) is 4.37. The number of hydrogen-bond acceptors (Lipinski definition) is 4. The van der Waals surface area contributed by atoms with Gasteiger partial charge < -0.3 is 9.47 Å². The number of rotatable bonds is 5. The monoisotopic (exact) mass is 247 g/mol. The van der Waals surface area contributed by atoms with Crippen LogP contribution in [-0.4, -0.2) is 28.9 Å². The van der Waals surface area contributed by atoms with Crippen LogP contribution in [0.5, 0.6) is 11.8 Å². The number of para-hydroxylation sites is 1. The molecule has 1 aromatic carbocycles. The lowest BCUT2D eigenvalue weighted by Gasteiger charge is -2.11. The summed E-state index contributed by atoms with van der Waals surface area (Å²) in [5.41, 5.74) is 0.883. The van der Waals surface area contributed by atoms with Gasteiger partial charge in [0.15, 0.2) is 5.82 Å². The number of aromatic nitrogens is 3. The van der Waals surface area contributed by atoms with Crippen LogP contribution in [0.15, 0.2) is 24.3 Å². The zero-order valence-corrected chi connectivity index (χ0v) is 10.8. The summed E-state index contributed by atoms with van der Waals surface area (Å²) in [6, 6.07) is 8.06. The lowest BCUT2D eigenvalue weighted by molar-refractivity contribution is 0.272. The minimum Gasteiger partial charge on any atom is -0.493 e. The highest BCUT2D eigenvalue weighted by molar-refractivity contribution is 5.63. The molecule has 5 heteroatoms. The van der Waals surface area contributed by atoms with Crippen molar-refractivity contribution in [2.24, 2.45) is 5.92 Å². The molecule has 1 aromatic heterocycles. The fourth-order valence-corrected chi connectivity index (χ4v) is 1.50. The average Bonchev–Trinajstić information content (AvgIpc) is 2.85. The molecule has 0 fully saturated rings. The summed E-state index contributed by atoms with van der Waals surface area (Å²) in [5, 5.41) is 6.77. The number of ether oxygens (including phenoxy) is 2.